The van der Waals surface area contributed by atoms with E-state index in [0.29, 0.717) is 6.42 Å². The van der Waals surface area contributed by atoms with Gasteiger partial charge in [0, 0.05) is 11.1 Å². The minimum atomic E-state index is -1.10. The lowest BCUT2D eigenvalue weighted by Gasteiger charge is -2.14. The molecule has 1 heterocycles. The number of rotatable bonds is 10. The number of carboxylic acid groups (broad SMARTS) is 1. The lowest BCUT2D eigenvalue weighted by atomic mass is 10.1. The van der Waals surface area contributed by atoms with Crippen molar-refractivity contribution < 1.29 is 19.4 Å². The van der Waals surface area contributed by atoms with Gasteiger partial charge in [-0.25, -0.2) is 4.79 Å². The molecule has 0 aliphatic rings. The van der Waals surface area contributed by atoms with Crippen molar-refractivity contribution in [3.05, 3.63) is 47.9 Å². The molecule has 0 aliphatic carbocycles. The zero-order chi connectivity index (χ0) is 17.4. The van der Waals surface area contributed by atoms with E-state index in [1.807, 2.05) is 12.1 Å². The minimum absolute atomic E-state index is 0.0672. The third-order valence-corrected chi connectivity index (χ3v) is 4.58. The summed E-state index contributed by atoms with van der Waals surface area (Å²) < 4.78 is 6.34. The van der Waals surface area contributed by atoms with Crippen LogP contribution in [-0.2, 0) is 20.7 Å². The van der Waals surface area contributed by atoms with Gasteiger partial charge in [0.05, 0.1) is 13.2 Å². The zero-order valence-electron chi connectivity index (χ0n) is 13.4. The largest absolute Gasteiger partial charge is 0.480 e. The fourth-order valence-electron chi connectivity index (χ4n) is 2.38. The molecule has 1 atom stereocenters. The summed E-state index contributed by atoms with van der Waals surface area (Å²) in [6.45, 7) is 3.68. The van der Waals surface area contributed by atoms with Crippen LogP contribution < -0.4 is 5.32 Å². The first-order valence-corrected chi connectivity index (χ1v) is 8.65. The summed E-state index contributed by atoms with van der Waals surface area (Å²) in [4.78, 5) is 23.1. The number of fused-ring (bicyclic) bond motifs is 1. The summed E-state index contributed by atoms with van der Waals surface area (Å²) in [5.74, 6) is -1.37. The van der Waals surface area contributed by atoms with Crippen LogP contribution in [0, 0.1) is 0 Å². The second-order valence-electron chi connectivity index (χ2n) is 5.40. The second kappa shape index (κ2) is 9.20. The Morgan fingerprint density at radius 2 is 2.17 bits per heavy atom. The van der Waals surface area contributed by atoms with Crippen molar-refractivity contribution in [2.24, 2.45) is 0 Å². The maximum atomic E-state index is 11.9. The number of hydrogen-bond donors (Lipinski definition) is 2. The smallest absolute Gasteiger partial charge is 0.328 e. The average Bonchev–Trinajstić information content (AvgIpc) is 2.97. The molecule has 0 radical (unpaired) electrons. The lowest BCUT2D eigenvalue weighted by Crippen LogP contribution is -2.44. The highest BCUT2D eigenvalue weighted by Gasteiger charge is 2.19. The Balaban J connectivity index is 1.79. The van der Waals surface area contributed by atoms with Gasteiger partial charge in [-0.15, -0.1) is 17.9 Å². The number of hydrogen-bond acceptors (Lipinski definition) is 4. The van der Waals surface area contributed by atoms with E-state index in [4.69, 9.17) is 9.84 Å². The molecule has 6 heteroatoms. The quantitative estimate of drug-likeness (QED) is 0.512. The lowest BCUT2D eigenvalue weighted by molar-refractivity contribution is -0.143. The van der Waals surface area contributed by atoms with Crippen molar-refractivity contribution in [2.75, 3.05) is 13.2 Å². The van der Waals surface area contributed by atoms with E-state index in [9.17, 15) is 9.59 Å². The predicted molar refractivity (Wildman–Crippen MR) is 95.3 cm³/mol. The minimum Gasteiger partial charge on any atom is -0.480 e. The van der Waals surface area contributed by atoms with E-state index < -0.39 is 12.0 Å². The molecular weight excluding hydrogens is 326 g/mol. The van der Waals surface area contributed by atoms with Crippen LogP contribution >= 0.6 is 11.3 Å². The van der Waals surface area contributed by atoms with E-state index in [1.165, 1.54) is 21.7 Å². The molecule has 0 aliphatic heterocycles. The van der Waals surface area contributed by atoms with Crippen LogP contribution in [0.15, 0.2) is 42.3 Å². The van der Waals surface area contributed by atoms with Crippen molar-refractivity contribution in [1.29, 1.82) is 0 Å². The first-order valence-electron chi connectivity index (χ1n) is 7.77. The van der Waals surface area contributed by atoms with Gasteiger partial charge < -0.3 is 15.2 Å². The molecule has 5 nitrogen and oxygen atoms in total. The Kier molecular flexibility index (Phi) is 6.96. The van der Waals surface area contributed by atoms with E-state index in [2.05, 4.69) is 29.4 Å². The predicted octanol–water partition coefficient (Wildman–Crippen LogP) is 3.00. The van der Waals surface area contributed by atoms with E-state index in [1.54, 1.807) is 11.3 Å². The van der Waals surface area contributed by atoms with Crippen LogP contribution in [0.3, 0.4) is 0 Å². The summed E-state index contributed by atoms with van der Waals surface area (Å²) in [7, 11) is 0. The standard InChI is InChI=1S/C18H21NO4S/c1-2-10-23-11-15(18(21)22)19-17(20)9-5-6-13-12-24-16-8-4-3-7-14(13)16/h2-4,7-8,12,15H,1,5-6,9-11H2,(H,19,20)(H,21,22). The molecule has 1 amide bonds. The maximum absolute atomic E-state index is 11.9. The number of amides is 1. The Hall–Kier alpha value is -2.18. The number of carbonyl (C=O) groups excluding carboxylic acids is 1. The van der Waals surface area contributed by atoms with Crippen LogP contribution in [0.25, 0.3) is 10.1 Å². The topological polar surface area (TPSA) is 75.6 Å². The molecule has 1 aromatic heterocycles. The zero-order valence-corrected chi connectivity index (χ0v) is 14.2. The van der Waals surface area contributed by atoms with Gasteiger partial charge in [0.15, 0.2) is 6.04 Å². The highest BCUT2D eigenvalue weighted by Crippen LogP contribution is 2.26. The van der Waals surface area contributed by atoms with Crippen LogP contribution in [0.1, 0.15) is 18.4 Å². The van der Waals surface area contributed by atoms with E-state index >= 15 is 0 Å². The highest BCUT2D eigenvalue weighted by molar-refractivity contribution is 7.17. The molecule has 24 heavy (non-hydrogen) atoms. The number of nitrogens with one attached hydrogen (secondary N) is 1. The Morgan fingerprint density at radius 1 is 1.38 bits per heavy atom. The molecule has 2 rings (SSSR count). The summed E-state index contributed by atoms with van der Waals surface area (Å²) in [6.07, 6.45) is 3.29. The molecule has 128 valence electrons. The number of benzene rings is 1. The number of thiophene rings is 1. The molecule has 0 bridgehead atoms. The summed E-state index contributed by atoms with van der Waals surface area (Å²) in [5, 5.41) is 14.9. The van der Waals surface area contributed by atoms with Crippen molar-refractivity contribution in [3.8, 4) is 0 Å². The average molecular weight is 347 g/mol. The SMILES string of the molecule is C=CCOCC(NC(=O)CCCc1csc2ccccc12)C(=O)O. The highest BCUT2D eigenvalue weighted by atomic mass is 32.1. The van der Waals surface area contributed by atoms with E-state index in [0.717, 1.165) is 6.42 Å². The number of ether oxygens (including phenoxy) is 1. The van der Waals surface area contributed by atoms with E-state index in [-0.39, 0.29) is 25.5 Å². The van der Waals surface area contributed by atoms with Gasteiger partial charge in [-0.1, -0.05) is 24.3 Å². The van der Waals surface area contributed by atoms with Crippen LogP contribution in [-0.4, -0.2) is 36.2 Å². The van der Waals surface area contributed by atoms with Gasteiger partial charge >= 0.3 is 5.97 Å². The van der Waals surface area contributed by atoms with Gasteiger partial charge in [0.1, 0.15) is 0 Å². The third kappa shape index (κ3) is 5.18. The van der Waals surface area contributed by atoms with Gasteiger partial charge in [-0.05, 0) is 35.2 Å². The van der Waals surface area contributed by atoms with Gasteiger partial charge in [0.2, 0.25) is 5.91 Å². The number of aryl methyl sites for hydroxylation is 1. The molecule has 1 aromatic carbocycles. The maximum Gasteiger partial charge on any atom is 0.328 e. The molecule has 1 unspecified atom stereocenters. The van der Waals surface area contributed by atoms with Crippen molar-refractivity contribution >= 4 is 33.3 Å². The fraction of sp³-hybridized carbons (Fsp3) is 0.333. The van der Waals surface area contributed by atoms with Gasteiger partial charge in [0.25, 0.3) is 0 Å². The molecule has 0 fully saturated rings. The van der Waals surface area contributed by atoms with Gasteiger partial charge in [-0.2, -0.15) is 0 Å². The summed E-state index contributed by atoms with van der Waals surface area (Å²) in [5.41, 5.74) is 1.23. The third-order valence-electron chi connectivity index (χ3n) is 3.56. The summed E-state index contributed by atoms with van der Waals surface area (Å²) in [6, 6.07) is 7.15. The molecule has 2 N–H and O–H groups in total. The Morgan fingerprint density at radius 3 is 2.92 bits per heavy atom. The summed E-state index contributed by atoms with van der Waals surface area (Å²) >= 11 is 1.70. The molecule has 0 spiro atoms. The van der Waals surface area contributed by atoms with Crippen LogP contribution in [0.2, 0.25) is 0 Å². The van der Waals surface area contributed by atoms with Crippen LogP contribution in [0.4, 0.5) is 0 Å². The first-order chi connectivity index (χ1) is 11.6. The Bertz CT molecular complexity index is 710. The molecule has 2 aromatic rings. The van der Waals surface area contributed by atoms with Crippen molar-refractivity contribution in [1.82, 2.24) is 5.32 Å². The molecular formula is C18H21NO4S. The second-order valence-corrected chi connectivity index (χ2v) is 6.31. The van der Waals surface area contributed by atoms with Gasteiger partial charge in [-0.3, -0.25) is 4.79 Å². The Labute approximate surface area is 144 Å². The number of aliphatic carboxylic acids is 1. The normalized spacial score (nSPS) is 12.0. The molecule has 0 saturated heterocycles. The van der Waals surface area contributed by atoms with Crippen LogP contribution in [0.5, 0.6) is 0 Å². The van der Waals surface area contributed by atoms with Crippen molar-refractivity contribution in [2.45, 2.75) is 25.3 Å². The van der Waals surface area contributed by atoms with Crippen molar-refractivity contribution in [3.63, 3.8) is 0 Å². The number of carboxylic acids is 1. The number of carbonyl (C=O) groups is 2. The first kappa shape index (κ1) is 18.2. The monoisotopic (exact) mass is 347 g/mol. The molecule has 0 saturated carbocycles. The fourth-order valence-corrected chi connectivity index (χ4v) is 3.37.